The van der Waals surface area contributed by atoms with Crippen LogP contribution in [-0.2, 0) is 11.2 Å². The van der Waals surface area contributed by atoms with E-state index in [-0.39, 0.29) is 12.3 Å². The first-order valence-electron chi connectivity index (χ1n) is 8.62. The standard InChI is InChI=1S/C20H21N3O5/c1-25-15-6-4-5-14(12-15)21-18(24)9-10-19-22-20(23-28-19)13-7-8-16(26-2)17(11-13)27-3/h4-8,11-12H,9-10H2,1-3H3,(H,21,24). The maximum atomic E-state index is 12.1. The summed E-state index contributed by atoms with van der Waals surface area (Å²) in [5.41, 5.74) is 1.40. The molecule has 146 valence electrons. The number of amides is 1. The Kier molecular flexibility index (Phi) is 6.11. The van der Waals surface area contributed by atoms with E-state index < -0.39 is 0 Å². The quantitative estimate of drug-likeness (QED) is 0.637. The molecule has 3 rings (SSSR count). The molecule has 0 aliphatic heterocycles. The number of ether oxygens (including phenoxy) is 3. The van der Waals surface area contributed by atoms with Gasteiger partial charge in [0.05, 0.1) is 21.3 Å². The molecule has 1 N–H and O–H groups in total. The summed E-state index contributed by atoms with van der Waals surface area (Å²) < 4.78 is 20.9. The topological polar surface area (TPSA) is 95.7 Å². The fraction of sp³-hybridized carbons (Fsp3) is 0.250. The number of methoxy groups -OCH3 is 3. The van der Waals surface area contributed by atoms with Crippen molar-refractivity contribution >= 4 is 11.6 Å². The Bertz CT molecular complexity index is 955. The highest BCUT2D eigenvalue weighted by molar-refractivity contribution is 5.90. The lowest BCUT2D eigenvalue weighted by molar-refractivity contribution is -0.116. The van der Waals surface area contributed by atoms with Crippen LogP contribution in [0.5, 0.6) is 17.2 Å². The molecule has 0 fully saturated rings. The maximum absolute atomic E-state index is 12.1. The maximum Gasteiger partial charge on any atom is 0.227 e. The molecule has 0 aliphatic carbocycles. The molecule has 8 nitrogen and oxygen atoms in total. The highest BCUT2D eigenvalue weighted by Crippen LogP contribution is 2.31. The van der Waals surface area contributed by atoms with Crippen molar-refractivity contribution in [3.8, 4) is 28.6 Å². The zero-order chi connectivity index (χ0) is 19.9. The van der Waals surface area contributed by atoms with Crippen molar-refractivity contribution in [2.45, 2.75) is 12.8 Å². The van der Waals surface area contributed by atoms with Gasteiger partial charge in [0.1, 0.15) is 5.75 Å². The summed E-state index contributed by atoms with van der Waals surface area (Å²) in [4.78, 5) is 16.5. The number of hydrogen-bond acceptors (Lipinski definition) is 7. The van der Waals surface area contributed by atoms with Gasteiger partial charge in [-0.25, -0.2) is 0 Å². The van der Waals surface area contributed by atoms with Gasteiger partial charge in [0.25, 0.3) is 0 Å². The van der Waals surface area contributed by atoms with Gasteiger partial charge in [-0.3, -0.25) is 4.79 Å². The Morgan fingerprint density at radius 1 is 1.04 bits per heavy atom. The van der Waals surface area contributed by atoms with Crippen molar-refractivity contribution < 1.29 is 23.5 Å². The summed E-state index contributed by atoms with van der Waals surface area (Å²) in [7, 11) is 4.71. The third-order valence-electron chi connectivity index (χ3n) is 4.03. The summed E-state index contributed by atoms with van der Waals surface area (Å²) in [5.74, 6) is 2.51. The average molecular weight is 383 g/mol. The second-order valence-corrected chi connectivity index (χ2v) is 5.86. The number of carbonyl (C=O) groups excluding carboxylic acids is 1. The zero-order valence-electron chi connectivity index (χ0n) is 15.9. The van der Waals surface area contributed by atoms with Gasteiger partial charge in [0, 0.05) is 30.2 Å². The predicted molar refractivity (Wildman–Crippen MR) is 103 cm³/mol. The van der Waals surface area contributed by atoms with Gasteiger partial charge in [-0.15, -0.1) is 0 Å². The molecule has 0 unspecified atom stereocenters. The Balaban J connectivity index is 1.61. The van der Waals surface area contributed by atoms with Gasteiger partial charge in [-0.1, -0.05) is 11.2 Å². The molecule has 0 bridgehead atoms. The summed E-state index contributed by atoms with van der Waals surface area (Å²) in [6.45, 7) is 0. The summed E-state index contributed by atoms with van der Waals surface area (Å²) in [5, 5.41) is 6.79. The van der Waals surface area contributed by atoms with Crippen LogP contribution in [0.15, 0.2) is 47.0 Å². The van der Waals surface area contributed by atoms with Gasteiger partial charge >= 0.3 is 0 Å². The molecule has 2 aromatic carbocycles. The number of rotatable bonds is 8. The van der Waals surface area contributed by atoms with E-state index in [1.54, 1.807) is 45.6 Å². The van der Waals surface area contributed by atoms with Crippen LogP contribution in [0.2, 0.25) is 0 Å². The Hall–Kier alpha value is -3.55. The van der Waals surface area contributed by atoms with Crippen molar-refractivity contribution in [3.63, 3.8) is 0 Å². The molecule has 1 aromatic heterocycles. The molecule has 0 spiro atoms. The van der Waals surface area contributed by atoms with E-state index in [9.17, 15) is 4.79 Å². The van der Waals surface area contributed by atoms with Gasteiger partial charge in [0.2, 0.25) is 17.6 Å². The molecule has 8 heteroatoms. The van der Waals surface area contributed by atoms with Crippen LogP contribution in [-0.4, -0.2) is 37.4 Å². The molecule has 0 saturated carbocycles. The van der Waals surface area contributed by atoms with Crippen molar-refractivity contribution in [1.82, 2.24) is 10.1 Å². The SMILES string of the molecule is COc1cccc(NC(=O)CCc2nc(-c3ccc(OC)c(OC)c3)no2)c1. The van der Waals surface area contributed by atoms with E-state index in [0.717, 1.165) is 5.56 Å². The smallest absolute Gasteiger partial charge is 0.227 e. The molecule has 0 radical (unpaired) electrons. The number of nitrogens with one attached hydrogen (secondary N) is 1. The molecule has 0 atom stereocenters. The van der Waals surface area contributed by atoms with E-state index in [1.807, 2.05) is 18.2 Å². The second kappa shape index (κ2) is 8.90. The number of aromatic nitrogens is 2. The number of benzene rings is 2. The van der Waals surface area contributed by atoms with Crippen LogP contribution in [0.25, 0.3) is 11.4 Å². The molecular weight excluding hydrogens is 362 g/mol. The molecule has 1 heterocycles. The van der Waals surface area contributed by atoms with Crippen LogP contribution < -0.4 is 19.5 Å². The second-order valence-electron chi connectivity index (χ2n) is 5.86. The number of nitrogens with zero attached hydrogens (tertiary/aromatic N) is 2. The first-order chi connectivity index (χ1) is 13.6. The Morgan fingerprint density at radius 2 is 1.86 bits per heavy atom. The van der Waals surface area contributed by atoms with Gasteiger partial charge in [-0.05, 0) is 30.3 Å². The first kappa shape index (κ1) is 19.2. The van der Waals surface area contributed by atoms with E-state index in [1.165, 1.54) is 0 Å². The summed E-state index contributed by atoms with van der Waals surface area (Å²) in [6.07, 6.45) is 0.543. The summed E-state index contributed by atoms with van der Waals surface area (Å²) >= 11 is 0. The molecule has 28 heavy (non-hydrogen) atoms. The van der Waals surface area contributed by atoms with Crippen LogP contribution in [0.3, 0.4) is 0 Å². The number of carbonyl (C=O) groups is 1. The largest absolute Gasteiger partial charge is 0.497 e. The Morgan fingerprint density at radius 3 is 2.61 bits per heavy atom. The van der Waals surface area contributed by atoms with Crippen LogP contribution in [0.1, 0.15) is 12.3 Å². The number of aryl methyl sites for hydroxylation is 1. The van der Waals surface area contributed by atoms with Crippen molar-refractivity contribution in [3.05, 3.63) is 48.4 Å². The van der Waals surface area contributed by atoms with E-state index in [2.05, 4.69) is 15.5 Å². The molecular formula is C20H21N3O5. The highest BCUT2D eigenvalue weighted by atomic mass is 16.5. The fourth-order valence-corrected chi connectivity index (χ4v) is 2.59. The first-order valence-corrected chi connectivity index (χ1v) is 8.62. The monoisotopic (exact) mass is 383 g/mol. The Labute approximate surface area is 162 Å². The number of hydrogen-bond donors (Lipinski definition) is 1. The average Bonchev–Trinajstić information content (AvgIpc) is 3.21. The van der Waals surface area contributed by atoms with E-state index in [4.69, 9.17) is 18.7 Å². The van der Waals surface area contributed by atoms with Gasteiger partial charge < -0.3 is 24.1 Å². The van der Waals surface area contributed by atoms with Gasteiger partial charge in [0.15, 0.2) is 11.5 Å². The lowest BCUT2D eigenvalue weighted by atomic mass is 10.2. The van der Waals surface area contributed by atoms with Crippen LogP contribution in [0, 0.1) is 0 Å². The lowest BCUT2D eigenvalue weighted by Gasteiger charge is -2.07. The normalized spacial score (nSPS) is 10.4. The minimum Gasteiger partial charge on any atom is -0.497 e. The fourth-order valence-electron chi connectivity index (χ4n) is 2.59. The third kappa shape index (κ3) is 4.59. The van der Waals surface area contributed by atoms with Crippen LogP contribution >= 0.6 is 0 Å². The zero-order valence-corrected chi connectivity index (χ0v) is 15.9. The number of anilines is 1. The van der Waals surface area contributed by atoms with Crippen molar-refractivity contribution in [2.24, 2.45) is 0 Å². The molecule has 3 aromatic rings. The molecule has 1 amide bonds. The van der Waals surface area contributed by atoms with E-state index in [0.29, 0.717) is 41.1 Å². The van der Waals surface area contributed by atoms with Crippen LogP contribution in [0.4, 0.5) is 5.69 Å². The lowest BCUT2D eigenvalue weighted by Crippen LogP contribution is -2.12. The third-order valence-corrected chi connectivity index (χ3v) is 4.03. The van der Waals surface area contributed by atoms with Crippen molar-refractivity contribution in [2.75, 3.05) is 26.6 Å². The minimum atomic E-state index is -0.154. The van der Waals surface area contributed by atoms with Crippen molar-refractivity contribution in [1.29, 1.82) is 0 Å². The minimum absolute atomic E-state index is 0.154. The van der Waals surface area contributed by atoms with Gasteiger partial charge in [-0.2, -0.15) is 4.98 Å². The summed E-state index contributed by atoms with van der Waals surface area (Å²) in [6, 6.07) is 12.5. The predicted octanol–water partition coefficient (Wildman–Crippen LogP) is 3.33. The molecule has 0 aliphatic rings. The van der Waals surface area contributed by atoms with E-state index >= 15 is 0 Å². The highest BCUT2D eigenvalue weighted by Gasteiger charge is 2.13. The molecule has 0 saturated heterocycles.